The standard InChI is InChI=1S/C11H12F2N2OS/c12-11(13)3-1-2-7-8(9(7)11)10(16)15-6-4-14-17-5-6/h4-5,7-9H,1-3H2,(H,15,16). The molecule has 1 amide bonds. The smallest absolute Gasteiger partial charge is 0.252 e. The molecule has 0 aromatic carbocycles. The van der Waals surface area contributed by atoms with Gasteiger partial charge in [-0.2, -0.15) is 4.37 Å². The van der Waals surface area contributed by atoms with Crippen molar-refractivity contribution in [3.05, 3.63) is 11.6 Å². The van der Waals surface area contributed by atoms with E-state index < -0.39 is 17.8 Å². The SMILES string of the molecule is O=C(Nc1cnsc1)C1C2CCCC(F)(F)C21. The van der Waals surface area contributed by atoms with Crippen molar-refractivity contribution in [1.82, 2.24) is 4.37 Å². The molecule has 1 N–H and O–H groups in total. The molecule has 92 valence electrons. The highest BCUT2D eigenvalue weighted by molar-refractivity contribution is 7.04. The van der Waals surface area contributed by atoms with Gasteiger partial charge in [-0.1, -0.05) is 0 Å². The minimum absolute atomic E-state index is 0.0715. The van der Waals surface area contributed by atoms with Gasteiger partial charge >= 0.3 is 0 Å². The first-order valence-corrected chi connectivity index (χ1v) is 6.51. The van der Waals surface area contributed by atoms with Crippen molar-refractivity contribution in [3.63, 3.8) is 0 Å². The maximum Gasteiger partial charge on any atom is 0.252 e. The van der Waals surface area contributed by atoms with Gasteiger partial charge in [-0.15, -0.1) is 0 Å². The number of amides is 1. The first kappa shape index (κ1) is 11.1. The fraction of sp³-hybridized carbons (Fsp3) is 0.636. The number of fused-ring (bicyclic) bond motifs is 1. The van der Waals surface area contributed by atoms with Gasteiger partial charge < -0.3 is 5.32 Å². The number of aromatic nitrogens is 1. The third-order valence-electron chi connectivity index (χ3n) is 3.71. The number of nitrogens with one attached hydrogen (secondary N) is 1. The summed E-state index contributed by atoms with van der Waals surface area (Å²) in [6.07, 6.45) is 2.74. The van der Waals surface area contributed by atoms with Crippen molar-refractivity contribution in [2.75, 3.05) is 5.32 Å². The second-order valence-electron chi connectivity index (χ2n) is 4.77. The average molecular weight is 258 g/mol. The maximum atomic E-state index is 13.5. The second-order valence-corrected chi connectivity index (χ2v) is 5.43. The van der Waals surface area contributed by atoms with Crippen molar-refractivity contribution in [1.29, 1.82) is 0 Å². The predicted octanol–water partition coefficient (Wildman–Crippen LogP) is 2.76. The summed E-state index contributed by atoms with van der Waals surface area (Å²) in [4.78, 5) is 11.9. The number of halogens is 2. The Kier molecular flexibility index (Phi) is 2.43. The molecule has 0 aliphatic heterocycles. The zero-order valence-corrected chi connectivity index (χ0v) is 9.84. The van der Waals surface area contributed by atoms with Crippen LogP contribution in [0, 0.1) is 17.8 Å². The summed E-state index contributed by atoms with van der Waals surface area (Å²) >= 11 is 1.23. The van der Waals surface area contributed by atoms with Gasteiger partial charge in [0, 0.05) is 17.7 Å². The third kappa shape index (κ3) is 1.84. The zero-order chi connectivity index (χ0) is 12.0. The minimum atomic E-state index is -2.65. The van der Waals surface area contributed by atoms with Gasteiger partial charge in [-0.05, 0) is 30.3 Å². The van der Waals surface area contributed by atoms with Crippen molar-refractivity contribution in [2.45, 2.75) is 25.2 Å². The van der Waals surface area contributed by atoms with E-state index in [1.165, 1.54) is 17.7 Å². The van der Waals surface area contributed by atoms with Crippen LogP contribution in [-0.4, -0.2) is 16.2 Å². The zero-order valence-electron chi connectivity index (χ0n) is 9.03. The summed E-state index contributed by atoms with van der Waals surface area (Å²) in [6, 6.07) is 0. The lowest BCUT2D eigenvalue weighted by Gasteiger charge is -2.19. The molecule has 3 atom stereocenters. The van der Waals surface area contributed by atoms with E-state index in [0.29, 0.717) is 12.1 Å². The van der Waals surface area contributed by atoms with Crippen LogP contribution in [-0.2, 0) is 4.79 Å². The first-order valence-electron chi connectivity index (χ1n) is 5.68. The molecule has 1 aromatic rings. The van der Waals surface area contributed by atoms with Crippen LogP contribution < -0.4 is 5.32 Å². The molecule has 17 heavy (non-hydrogen) atoms. The number of nitrogens with zero attached hydrogens (tertiary/aromatic N) is 1. The molecule has 0 bridgehead atoms. The molecule has 3 rings (SSSR count). The molecule has 6 heteroatoms. The molecular formula is C11H12F2N2OS. The van der Waals surface area contributed by atoms with Crippen molar-refractivity contribution >= 4 is 23.1 Å². The van der Waals surface area contributed by atoms with Gasteiger partial charge in [0.1, 0.15) is 0 Å². The van der Waals surface area contributed by atoms with Crippen LogP contribution in [0.3, 0.4) is 0 Å². The van der Waals surface area contributed by atoms with E-state index in [-0.39, 0.29) is 18.2 Å². The predicted molar refractivity (Wildman–Crippen MR) is 60.0 cm³/mol. The summed E-state index contributed by atoms with van der Waals surface area (Å²) in [5.41, 5.74) is 0.604. The summed E-state index contributed by atoms with van der Waals surface area (Å²) in [6.45, 7) is 0. The molecule has 2 fully saturated rings. The first-order chi connectivity index (χ1) is 8.09. The monoisotopic (exact) mass is 258 g/mol. The molecule has 0 saturated heterocycles. The Morgan fingerprint density at radius 1 is 1.59 bits per heavy atom. The van der Waals surface area contributed by atoms with Gasteiger partial charge in [0.15, 0.2) is 0 Å². The topological polar surface area (TPSA) is 42.0 Å². The Balaban J connectivity index is 1.69. The fourth-order valence-corrected chi connectivity index (χ4v) is 3.37. The molecule has 2 aliphatic carbocycles. The lowest BCUT2D eigenvalue weighted by atomic mass is 9.97. The van der Waals surface area contributed by atoms with Crippen LogP contribution in [0.1, 0.15) is 19.3 Å². The van der Waals surface area contributed by atoms with Crippen LogP contribution in [0.5, 0.6) is 0 Å². The Labute approximate surface area is 101 Å². The quantitative estimate of drug-likeness (QED) is 0.886. The van der Waals surface area contributed by atoms with Gasteiger partial charge in [0.2, 0.25) is 5.91 Å². The Morgan fingerprint density at radius 3 is 3.06 bits per heavy atom. The number of carbonyl (C=O) groups is 1. The van der Waals surface area contributed by atoms with Gasteiger partial charge in [-0.3, -0.25) is 4.79 Å². The number of hydrogen-bond donors (Lipinski definition) is 1. The van der Waals surface area contributed by atoms with Gasteiger partial charge in [0.05, 0.1) is 17.8 Å². The number of rotatable bonds is 2. The Morgan fingerprint density at radius 2 is 2.41 bits per heavy atom. The molecule has 3 nitrogen and oxygen atoms in total. The van der Waals surface area contributed by atoms with Crippen LogP contribution in [0.2, 0.25) is 0 Å². The van der Waals surface area contributed by atoms with Crippen molar-refractivity contribution in [2.24, 2.45) is 17.8 Å². The number of carbonyl (C=O) groups excluding carboxylic acids is 1. The third-order valence-corrected chi connectivity index (χ3v) is 4.29. The molecule has 2 saturated carbocycles. The summed E-state index contributed by atoms with van der Waals surface area (Å²) in [5.74, 6) is -4.29. The molecule has 0 spiro atoms. The highest BCUT2D eigenvalue weighted by atomic mass is 32.1. The molecular weight excluding hydrogens is 246 g/mol. The molecule has 1 heterocycles. The largest absolute Gasteiger partial charge is 0.324 e. The summed E-state index contributed by atoms with van der Waals surface area (Å²) < 4.78 is 30.9. The fourth-order valence-electron chi connectivity index (χ4n) is 2.90. The van der Waals surface area contributed by atoms with Crippen LogP contribution in [0.15, 0.2) is 11.6 Å². The highest BCUT2D eigenvalue weighted by Crippen LogP contribution is 2.62. The van der Waals surface area contributed by atoms with Crippen LogP contribution in [0.25, 0.3) is 0 Å². The van der Waals surface area contributed by atoms with Crippen LogP contribution >= 0.6 is 11.5 Å². The normalized spacial score (nSPS) is 33.9. The molecule has 1 aromatic heterocycles. The second kappa shape index (κ2) is 3.73. The number of hydrogen-bond acceptors (Lipinski definition) is 3. The van der Waals surface area contributed by atoms with E-state index in [9.17, 15) is 13.6 Å². The highest BCUT2D eigenvalue weighted by Gasteiger charge is 2.67. The van der Waals surface area contributed by atoms with Gasteiger partial charge in [-0.25, -0.2) is 8.78 Å². The average Bonchev–Trinajstić information content (AvgIpc) is 2.80. The molecule has 0 radical (unpaired) electrons. The van der Waals surface area contributed by atoms with Crippen molar-refractivity contribution < 1.29 is 13.6 Å². The Hall–Kier alpha value is -1.04. The minimum Gasteiger partial charge on any atom is -0.324 e. The van der Waals surface area contributed by atoms with Crippen molar-refractivity contribution in [3.8, 4) is 0 Å². The summed E-state index contributed by atoms with van der Waals surface area (Å²) in [7, 11) is 0. The van der Waals surface area contributed by atoms with E-state index in [2.05, 4.69) is 9.69 Å². The van der Waals surface area contributed by atoms with Gasteiger partial charge in [0.25, 0.3) is 5.92 Å². The maximum absolute atomic E-state index is 13.5. The lowest BCUT2D eigenvalue weighted by molar-refractivity contribution is -0.119. The molecule has 2 aliphatic rings. The van der Waals surface area contributed by atoms with Crippen LogP contribution in [0.4, 0.5) is 14.5 Å². The van der Waals surface area contributed by atoms with E-state index in [1.54, 1.807) is 5.38 Å². The summed E-state index contributed by atoms with van der Waals surface area (Å²) in [5, 5.41) is 4.35. The lowest BCUT2D eigenvalue weighted by Crippen LogP contribution is -2.25. The molecule has 3 unspecified atom stereocenters. The van der Waals surface area contributed by atoms with E-state index in [1.807, 2.05) is 0 Å². The van der Waals surface area contributed by atoms with E-state index in [0.717, 1.165) is 6.42 Å². The number of alkyl halides is 2. The Bertz CT molecular complexity index is 435. The van der Waals surface area contributed by atoms with E-state index >= 15 is 0 Å². The number of anilines is 1. The van der Waals surface area contributed by atoms with E-state index in [4.69, 9.17) is 0 Å².